The van der Waals surface area contributed by atoms with Crippen molar-refractivity contribution in [1.82, 2.24) is 4.98 Å². The van der Waals surface area contributed by atoms with Gasteiger partial charge < -0.3 is 0 Å². The van der Waals surface area contributed by atoms with Crippen molar-refractivity contribution in [2.24, 2.45) is 0 Å². The van der Waals surface area contributed by atoms with Gasteiger partial charge in [0.05, 0.1) is 0 Å². The molecule has 11 heavy (non-hydrogen) atoms. The molecule has 1 rings (SSSR count). The van der Waals surface area contributed by atoms with E-state index in [0.717, 1.165) is 11.8 Å². The monoisotopic (exact) mass is 213 g/mol. The number of pyridine rings is 1. The number of aryl methyl sites for hydroxylation is 3. The van der Waals surface area contributed by atoms with Crippen LogP contribution < -0.4 is 0 Å². The van der Waals surface area contributed by atoms with E-state index in [1.54, 1.807) is 0 Å². The lowest BCUT2D eigenvalue weighted by Gasteiger charge is -2.02. The van der Waals surface area contributed by atoms with Gasteiger partial charge in [0, 0.05) is 17.2 Å². The number of halogens is 1. The molecule has 0 aromatic carbocycles. The van der Waals surface area contributed by atoms with Gasteiger partial charge in [0.1, 0.15) is 0 Å². The molecule has 1 nitrogen and oxygen atoms in total. The van der Waals surface area contributed by atoms with E-state index in [0.29, 0.717) is 0 Å². The van der Waals surface area contributed by atoms with Gasteiger partial charge in [-0.2, -0.15) is 0 Å². The summed E-state index contributed by atoms with van der Waals surface area (Å²) in [5, 5.41) is 0.990. The highest BCUT2D eigenvalue weighted by molar-refractivity contribution is 9.09. The Hall–Kier alpha value is -0.370. The Morgan fingerprint density at radius 2 is 2.18 bits per heavy atom. The van der Waals surface area contributed by atoms with E-state index < -0.39 is 0 Å². The highest BCUT2D eigenvalue weighted by Crippen LogP contribution is 2.08. The summed E-state index contributed by atoms with van der Waals surface area (Å²) < 4.78 is 0. The third kappa shape index (κ3) is 2.29. The van der Waals surface area contributed by atoms with Crippen molar-refractivity contribution in [3.63, 3.8) is 0 Å². The Labute approximate surface area is 76.0 Å². The second kappa shape index (κ2) is 3.86. The molecule has 0 aliphatic heterocycles. The second-order valence-corrected chi connectivity index (χ2v) is 3.51. The molecule has 1 heterocycles. The molecule has 0 unspecified atom stereocenters. The third-order valence-corrected chi connectivity index (χ3v) is 2.05. The van der Waals surface area contributed by atoms with E-state index in [4.69, 9.17) is 0 Å². The van der Waals surface area contributed by atoms with Crippen LogP contribution in [-0.4, -0.2) is 10.3 Å². The molecule has 0 aliphatic carbocycles. The van der Waals surface area contributed by atoms with Crippen molar-refractivity contribution in [1.29, 1.82) is 0 Å². The Morgan fingerprint density at radius 1 is 1.45 bits per heavy atom. The molecular weight excluding hydrogens is 202 g/mol. The first-order valence-electron chi connectivity index (χ1n) is 3.72. The molecule has 1 aromatic heterocycles. The molecule has 0 amide bonds. The fraction of sp³-hybridized carbons (Fsp3) is 0.444. The lowest BCUT2D eigenvalue weighted by molar-refractivity contribution is 1.01. The second-order valence-electron chi connectivity index (χ2n) is 2.72. The molecule has 0 spiro atoms. The maximum Gasteiger partial charge on any atom is 0.0441 e. The molecule has 0 atom stereocenters. The molecule has 0 radical (unpaired) electrons. The molecule has 0 saturated heterocycles. The van der Waals surface area contributed by atoms with Crippen LogP contribution in [0.5, 0.6) is 0 Å². The molecule has 60 valence electrons. The van der Waals surface area contributed by atoms with E-state index in [2.05, 4.69) is 40.8 Å². The quantitative estimate of drug-likeness (QED) is 0.689. The first-order valence-corrected chi connectivity index (χ1v) is 4.84. The Kier molecular flexibility index (Phi) is 3.06. The van der Waals surface area contributed by atoms with Crippen LogP contribution in [0.3, 0.4) is 0 Å². The van der Waals surface area contributed by atoms with E-state index in [1.165, 1.54) is 16.8 Å². The van der Waals surface area contributed by atoms with Crippen molar-refractivity contribution >= 4 is 15.9 Å². The lowest BCUT2D eigenvalue weighted by Crippen LogP contribution is -1.95. The van der Waals surface area contributed by atoms with Crippen molar-refractivity contribution in [2.75, 3.05) is 5.33 Å². The number of hydrogen-bond acceptors (Lipinski definition) is 1. The molecule has 0 bridgehead atoms. The van der Waals surface area contributed by atoms with Crippen molar-refractivity contribution in [3.8, 4) is 0 Å². The summed E-state index contributed by atoms with van der Waals surface area (Å²) in [4.78, 5) is 4.34. The summed E-state index contributed by atoms with van der Waals surface area (Å²) in [6.07, 6.45) is 2.94. The van der Waals surface area contributed by atoms with Gasteiger partial charge in [0.15, 0.2) is 0 Å². The standard InChI is InChI=1S/C9H12BrN/c1-7-5-8(2)9(3-4-10)11-6-7/h5-6H,3-4H2,1-2H3. The fourth-order valence-electron chi connectivity index (χ4n) is 1.09. The van der Waals surface area contributed by atoms with Crippen molar-refractivity contribution < 1.29 is 0 Å². The first kappa shape index (κ1) is 8.72. The average Bonchev–Trinajstić information content (AvgIpc) is 1.95. The topological polar surface area (TPSA) is 12.9 Å². The van der Waals surface area contributed by atoms with Crippen LogP contribution in [0.4, 0.5) is 0 Å². The third-order valence-electron chi connectivity index (χ3n) is 1.65. The Morgan fingerprint density at radius 3 is 2.73 bits per heavy atom. The highest BCUT2D eigenvalue weighted by atomic mass is 79.9. The molecule has 0 N–H and O–H groups in total. The first-order chi connectivity index (χ1) is 5.24. The predicted molar refractivity (Wildman–Crippen MR) is 51.2 cm³/mol. The molecule has 2 heteroatoms. The van der Waals surface area contributed by atoms with Crippen LogP contribution in [-0.2, 0) is 6.42 Å². The van der Waals surface area contributed by atoms with Gasteiger partial charge in [-0.1, -0.05) is 22.0 Å². The van der Waals surface area contributed by atoms with Crippen LogP contribution in [0, 0.1) is 13.8 Å². The Bertz CT molecular complexity index is 245. The van der Waals surface area contributed by atoms with Gasteiger partial charge in [-0.15, -0.1) is 0 Å². The fourth-order valence-corrected chi connectivity index (χ4v) is 1.47. The van der Waals surface area contributed by atoms with Crippen LogP contribution >= 0.6 is 15.9 Å². The molecule has 0 fully saturated rings. The van der Waals surface area contributed by atoms with Crippen LogP contribution in [0.15, 0.2) is 12.3 Å². The smallest absolute Gasteiger partial charge is 0.0441 e. The Balaban J connectivity index is 2.90. The van der Waals surface area contributed by atoms with Gasteiger partial charge in [0.25, 0.3) is 0 Å². The maximum atomic E-state index is 4.34. The summed E-state index contributed by atoms with van der Waals surface area (Å²) in [5.74, 6) is 0. The lowest BCUT2D eigenvalue weighted by atomic mass is 10.1. The molecule has 0 saturated carbocycles. The molecule has 0 aliphatic rings. The number of aromatic nitrogens is 1. The van der Waals surface area contributed by atoms with E-state index in [-0.39, 0.29) is 0 Å². The zero-order chi connectivity index (χ0) is 8.27. The van der Waals surface area contributed by atoms with Crippen molar-refractivity contribution in [2.45, 2.75) is 20.3 Å². The largest absolute Gasteiger partial charge is 0.261 e. The summed E-state index contributed by atoms with van der Waals surface area (Å²) in [6.45, 7) is 4.18. The van der Waals surface area contributed by atoms with Gasteiger partial charge in [0.2, 0.25) is 0 Å². The summed E-state index contributed by atoms with van der Waals surface area (Å²) in [7, 11) is 0. The molecular formula is C9H12BrN. The van der Waals surface area contributed by atoms with Gasteiger partial charge in [-0.3, -0.25) is 4.98 Å². The number of rotatable bonds is 2. The van der Waals surface area contributed by atoms with Crippen LogP contribution in [0.1, 0.15) is 16.8 Å². The number of hydrogen-bond donors (Lipinski definition) is 0. The normalized spacial score (nSPS) is 10.1. The van der Waals surface area contributed by atoms with Gasteiger partial charge in [-0.05, 0) is 31.4 Å². The van der Waals surface area contributed by atoms with Crippen LogP contribution in [0.2, 0.25) is 0 Å². The van der Waals surface area contributed by atoms with Gasteiger partial charge >= 0.3 is 0 Å². The SMILES string of the molecule is Cc1cnc(CCBr)c(C)c1. The minimum absolute atomic E-state index is 0.990. The van der Waals surface area contributed by atoms with E-state index >= 15 is 0 Å². The summed E-state index contributed by atoms with van der Waals surface area (Å²) in [5.41, 5.74) is 3.73. The van der Waals surface area contributed by atoms with Crippen molar-refractivity contribution in [3.05, 3.63) is 29.1 Å². The predicted octanol–water partition coefficient (Wildman–Crippen LogP) is 2.64. The van der Waals surface area contributed by atoms with E-state index in [1.807, 2.05) is 6.20 Å². The minimum Gasteiger partial charge on any atom is -0.261 e. The zero-order valence-corrected chi connectivity index (χ0v) is 8.48. The zero-order valence-electron chi connectivity index (χ0n) is 6.89. The molecule has 1 aromatic rings. The highest BCUT2D eigenvalue weighted by Gasteiger charge is 1.97. The van der Waals surface area contributed by atoms with Gasteiger partial charge in [-0.25, -0.2) is 0 Å². The summed E-state index contributed by atoms with van der Waals surface area (Å²) in [6, 6.07) is 2.17. The number of alkyl halides is 1. The number of nitrogens with zero attached hydrogens (tertiary/aromatic N) is 1. The van der Waals surface area contributed by atoms with E-state index in [9.17, 15) is 0 Å². The van der Waals surface area contributed by atoms with Crippen LogP contribution in [0.25, 0.3) is 0 Å². The minimum atomic E-state index is 0.990. The summed E-state index contributed by atoms with van der Waals surface area (Å²) >= 11 is 3.40. The maximum absolute atomic E-state index is 4.34. The average molecular weight is 214 g/mol.